The molecule has 0 aliphatic carbocycles. The molecule has 2 N–H and O–H groups in total. The number of aryl methyl sites for hydroxylation is 1. The monoisotopic (exact) mass is 406 g/mol. The van der Waals surface area contributed by atoms with Crippen molar-refractivity contribution < 1.29 is 17.9 Å². The van der Waals surface area contributed by atoms with Crippen molar-refractivity contribution in [3.63, 3.8) is 0 Å². The fourth-order valence-corrected chi connectivity index (χ4v) is 3.38. The van der Waals surface area contributed by atoms with Crippen LogP contribution in [-0.2, 0) is 27.6 Å². The molecule has 0 fully saturated rings. The molecule has 1 aromatic carbocycles. The molecule has 0 aliphatic heterocycles. The van der Waals surface area contributed by atoms with Crippen molar-refractivity contribution in [2.75, 3.05) is 17.9 Å². The summed E-state index contributed by atoms with van der Waals surface area (Å²) in [6.07, 6.45) is 6.36. The molecule has 0 atom stereocenters. The van der Waals surface area contributed by atoms with E-state index in [0.29, 0.717) is 19.6 Å². The number of nitrogens with one attached hydrogen (secondary N) is 2. The van der Waals surface area contributed by atoms with Crippen molar-refractivity contribution in [3.8, 4) is 0 Å². The lowest BCUT2D eigenvalue weighted by Crippen LogP contribution is -2.26. The first-order valence-electron chi connectivity index (χ1n) is 9.28. The van der Waals surface area contributed by atoms with Crippen LogP contribution in [0.1, 0.15) is 37.8 Å². The molecule has 1 amide bonds. The van der Waals surface area contributed by atoms with E-state index in [-0.39, 0.29) is 10.8 Å². The second kappa shape index (κ2) is 10.6. The van der Waals surface area contributed by atoms with Crippen molar-refractivity contribution in [2.24, 2.45) is 0 Å². The number of sulfonamides is 1. The largest absolute Gasteiger partial charge is 0.450 e. The van der Waals surface area contributed by atoms with Gasteiger partial charge in [-0.25, -0.2) is 27.9 Å². The maximum Gasteiger partial charge on any atom is 0.407 e. The van der Waals surface area contributed by atoms with Crippen LogP contribution in [0.25, 0.3) is 0 Å². The van der Waals surface area contributed by atoms with Crippen LogP contribution < -0.4 is 10.0 Å². The van der Waals surface area contributed by atoms with E-state index >= 15 is 0 Å². The van der Waals surface area contributed by atoms with Crippen LogP contribution in [0.15, 0.2) is 41.6 Å². The highest BCUT2D eigenvalue weighted by molar-refractivity contribution is 7.92. The number of ether oxygens (including phenoxy) is 1. The average molecular weight is 407 g/mol. The Morgan fingerprint density at radius 1 is 1.04 bits per heavy atom. The maximum absolute atomic E-state index is 12.5. The molecule has 9 heteroatoms. The van der Waals surface area contributed by atoms with Crippen molar-refractivity contribution in [3.05, 3.63) is 47.8 Å². The zero-order valence-electron chi connectivity index (χ0n) is 16.1. The Hall–Kier alpha value is -2.68. The van der Waals surface area contributed by atoms with E-state index in [1.54, 1.807) is 31.5 Å². The minimum absolute atomic E-state index is 0.0444. The van der Waals surface area contributed by atoms with Crippen LogP contribution in [0.3, 0.4) is 0 Å². The molecule has 1 aromatic heterocycles. The highest BCUT2D eigenvalue weighted by Crippen LogP contribution is 2.15. The Kier molecular flexibility index (Phi) is 8.19. The average Bonchev–Trinajstić information content (AvgIpc) is 2.68. The lowest BCUT2D eigenvalue weighted by atomic mass is 10.1. The van der Waals surface area contributed by atoms with Crippen LogP contribution in [0.5, 0.6) is 0 Å². The Morgan fingerprint density at radius 3 is 2.32 bits per heavy atom. The summed E-state index contributed by atoms with van der Waals surface area (Å²) in [5.41, 5.74) is 1.87. The number of anilines is 1. The summed E-state index contributed by atoms with van der Waals surface area (Å²) in [7, 11) is -3.77. The first kappa shape index (κ1) is 21.6. The van der Waals surface area contributed by atoms with Gasteiger partial charge in [-0.1, -0.05) is 25.5 Å². The van der Waals surface area contributed by atoms with Crippen molar-refractivity contribution in [1.82, 2.24) is 15.3 Å². The van der Waals surface area contributed by atoms with Crippen LogP contribution in [0.4, 0.5) is 10.7 Å². The van der Waals surface area contributed by atoms with Gasteiger partial charge in [-0.2, -0.15) is 0 Å². The number of nitrogens with zero attached hydrogens (tertiary/aromatic N) is 2. The van der Waals surface area contributed by atoms with Gasteiger partial charge in [0.1, 0.15) is 0 Å². The first-order valence-corrected chi connectivity index (χ1v) is 10.8. The fraction of sp³-hybridized carbons (Fsp3) is 0.421. The van der Waals surface area contributed by atoms with Gasteiger partial charge in [0.25, 0.3) is 10.0 Å². The number of carbonyl (C=O) groups excluding carboxylic acids is 1. The van der Waals surface area contributed by atoms with Gasteiger partial charge in [0.2, 0.25) is 5.95 Å². The normalized spacial score (nSPS) is 11.1. The Bertz CT molecular complexity index is 853. The summed E-state index contributed by atoms with van der Waals surface area (Å²) in [5.74, 6) is 0.0444. The van der Waals surface area contributed by atoms with Crippen LogP contribution >= 0.6 is 0 Å². The Morgan fingerprint density at radius 2 is 1.71 bits per heavy atom. The second-order valence-electron chi connectivity index (χ2n) is 6.17. The molecule has 2 rings (SSSR count). The van der Waals surface area contributed by atoms with E-state index in [4.69, 9.17) is 4.74 Å². The van der Waals surface area contributed by atoms with Gasteiger partial charge in [-0.15, -0.1) is 0 Å². The summed E-state index contributed by atoms with van der Waals surface area (Å²) in [6.45, 7) is 4.56. The summed E-state index contributed by atoms with van der Waals surface area (Å²) < 4.78 is 32.1. The number of benzene rings is 1. The Balaban J connectivity index is 1.93. The molecule has 0 unspecified atom stereocenters. The van der Waals surface area contributed by atoms with Gasteiger partial charge in [-0.05, 0) is 49.4 Å². The molecule has 0 radical (unpaired) electrons. The summed E-state index contributed by atoms with van der Waals surface area (Å²) in [5, 5.41) is 2.62. The lowest BCUT2D eigenvalue weighted by Gasteiger charge is -2.08. The molecule has 1 heterocycles. The van der Waals surface area contributed by atoms with Gasteiger partial charge in [0.05, 0.1) is 11.5 Å². The molecule has 28 heavy (non-hydrogen) atoms. The number of rotatable bonds is 10. The first-order chi connectivity index (χ1) is 13.4. The number of aromatic nitrogens is 2. The summed E-state index contributed by atoms with van der Waals surface area (Å²) >= 11 is 0. The lowest BCUT2D eigenvalue weighted by molar-refractivity contribution is 0.152. The van der Waals surface area contributed by atoms with Gasteiger partial charge in [0.15, 0.2) is 0 Å². The number of alkyl carbamates (subject to hydrolysis) is 1. The minimum Gasteiger partial charge on any atom is -0.450 e. The predicted molar refractivity (Wildman–Crippen MR) is 107 cm³/mol. The minimum atomic E-state index is -3.77. The Labute approximate surface area is 165 Å². The van der Waals surface area contributed by atoms with E-state index in [0.717, 1.165) is 30.4 Å². The zero-order chi connectivity index (χ0) is 20.4. The standard InChI is InChI=1S/C19H26N4O4S/c1-3-5-6-16-13-21-18(22-14-16)23-28(25,26)17-9-7-15(8-10-17)11-12-20-19(24)27-4-2/h7-10,13-14H,3-6,11-12H2,1-2H3,(H,20,24)(H,21,22,23). The highest BCUT2D eigenvalue weighted by atomic mass is 32.2. The molecule has 0 saturated heterocycles. The highest BCUT2D eigenvalue weighted by Gasteiger charge is 2.15. The van der Waals surface area contributed by atoms with Crippen LogP contribution in [-0.4, -0.2) is 37.6 Å². The SMILES string of the molecule is CCCCc1cnc(NS(=O)(=O)c2ccc(CCNC(=O)OCC)cc2)nc1. The van der Waals surface area contributed by atoms with E-state index in [1.165, 1.54) is 12.1 Å². The topological polar surface area (TPSA) is 110 Å². The number of hydrogen-bond acceptors (Lipinski definition) is 6. The molecule has 0 bridgehead atoms. The number of carbonyl (C=O) groups is 1. The summed E-state index contributed by atoms with van der Waals surface area (Å²) in [6, 6.07) is 6.43. The van der Waals surface area contributed by atoms with Crippen LogP contribution in [0, 0.1) is 0 Å². The quantitative estimate of drug-likeness (QED) is 0.628. The molecular formula is C19H26N4O4S. The van der Waals surface area contributed by atoms with Gasteiger partial charge >= 0.3 is 6.09 Å². The van der Waals surface area contributed by atoms with Gasteiger partial charge < -0.3 is 10.1 Å². The van der Waals surface area contributed by atoms with E-state index in [9.17, 15) is 13.2 Å². The molecule has 152 valence electrons. The maximum atomic E-state index is 12.5. The molecule has 0 saturated carbocycles. The molecule has 8 nitrogen and oxygen atoms in total. The third kappa shape index (κ3) is 6.80. The summed E-state index contributed by atoms with van der Waals surface area (Å²) in [4.78, 5) is 19.5. The zero-order valence-corrected chi connectivity index (χ0v) is 17.0. The second-order valence-corrected chi connectivity index (χ2v) is 7.85. The molecule has 2 aromatic rings. The number of hydrogen-bond donors (Lipinski definition) is 2. The fourth-order valence-electron chi connectivity index (χ4n) is 2.42. The third-order valence-corrected chi connectivity index (χ3v) is 5.29. The van der Waals surface area contributed by atoms with Gasteiger partial charge in [0, 0.05) is 18.9 Å². The molecule has 0 aliphatic rings. The molecular weight excluding hydrogens is 380 g/mol. The van der Waals surface area contributed by atoms with E-state index in [2.05, 4.69) is 26.9 Å². The smallest absolute Gasteiger partial charge is 0.407 e. The third-order valence-electron chi connectivity index (χ3n) is 3.94. The van der Waals surface area contributed by atoms with E-state index in [1.807, 2.05) is 0 Å². The number of unbranched alkanes of at least 4 members (excludes halogenated alkanes) is 1. The molecule has 0 spiro atoms. The van der Waals surface area contributed by atoms with Crippen molar-refractivity contribution >= 4 is 22.1 Å². The van der Waals surface area contributed by atoms with Crippen molar-refractivity contribution in [2.45, 2.75) is 44.4 Å². The van der Waals surface area contributed by atoms with Crippen LogP contribution in [0.2, 0.25) is 0 Å². The van der Waals surface area contributed by atoms with E-state index < -0.39 is 16.1 Å². The number of amides is 1. The van der Waals surface area contributed by atoms with Crippen molar-refractivity contribution in [1.29, 1.82) is 0 Å². The predicted octanol–water partition coefficient (Wildman–Crippen LogP) is 2.91. The van der Waals surface area contributed by atoms with Gasteiger partial charge in [-0.3, -0.25) is 0 Å².